The summed E-state index contributed by atoms with van der Waals surface area (Å²) in [7, 11) is 1.49. The van der Waals surface area contributed by atoms with Crippen molar-refractivity contribution < 1.29 is 18.4 Å². The highest BCUT2D eigenvalue weighted by Crippen LogP contribution is 2.22. The first-order valence-electron chi connectivity index (χ1n) is 8.55. The van der Waals surface area contributed by atoms with E-state index in [1.54, 1.807) is 19.1 Å². The Labute approximate surface area is 162 Å². The van der Waals surface area contributed by atoms with Gasteiger partial charge in [0.05, 0.1) is 6.42 Å². The van der Waals surface area contributed by atoms with E-state index in [2.05, 4.69) is 5.32 Å². The van der Waals surface area contributed by atoms with E-state index in [4.69, 9.17) is 11.6 Å². The van der Waals surface area contributed by atoms with Crippen LogP contribution in [0, 0.1) is 11.6 Å². The minimum atomic E-state index is -0.738. The molecule has 0 fully saturated rings. The molecular weight excluding hydrogens is 374 g/mol. The molecule has 0 saturated carbocycles. The third kappa shape index (κ3) is 5.26. The molecule has 0 aliphatic heterocycles. The SMILES string of the molecule is CCC(C(=O)NC)N(Cc1ccc(F)cc1)C(=O)Cc1c(F)cccc1Cl. The van der Waals surface area contributed by atoms with Crippen LogP contribution in [0.25, 0.3) is 0 Å². The molecule has 2 amide bonds. The van der Waals surface area contributed by atoms with Gasteiger partial charge in [-0.2, -0.15) is 0 Å². The van der Waals surface area contributed by atoms with Crippen molar-refractivity contribution in [1.82, 2.24) is 10.2 Å². The van der Waals surface area contributed by atoms with Crippen molar-refractivity contribution in [3.63, 3.8) is 0 Å². The van der Waals surface area contributed by atoms with Crippen LogP contribution in [0.5, 0.6) is 0 Å². The highest BCUT2D eigenvalue weighted by molar-refractivity contribution is 6.31. The molecule has 1 N–H and O–H groups in total. The number of likely N-dealkylation sites (N-methyl/N-ethyl adjacent to an activating group) is 1. The molecule has 1 atom stereocenters. The van der Waals surface area contributed by atoms with Gasteiger partial charge in [0.2, 0.25) is 11.8 Å². The number of carbonyl (C=O) groups excluding carboxylic acids is 2. The molecule has 0 aliphatic carbocycles. The summed E-state index contributed by atoms with van der Waals surface area (Å²) in [6.45, 7) is 1.87. The highest BCUT2D eigenvalue weighted by Gasteiger charge is 2.29. The van der Waals surface area contributed by atoms with Gasteiger partial charge in [0.25, 0.3) is 0 Å². The van der Waals surface area contributed by atoms with Crippen LogP contribution in [0.4, 0.5) is 8.78 Å². The van der Waals surface area contributed by atoms with Gasteiger partial charge in [-0.15, -0.1) is 0 Å². The zero-order chi connectivity index (χ0) is 20.0. The molecule has 1 unspecified atom stereocenters. The maximum atomic E-state index is 14.1. The van der Waals surface area contributed by atoms with Gasteiger partial charge in [-0.25, -0.2) is 8.78 Å². The molecular formula is C20H21ClF2N2O2. The molecule has 2 rings (SSSR count). The van der Waals surface area contributed by atoms with Crippen molar-refractivity contribution in [1.29, 1.82) is 0 Å². The zero-order valence-electron chi connectivity index (χ0n) is 15.1. The topological polar surface area (TPSA) is 49.4 Å². The Hall–Kier alpha value is -2.47. The first-order valence-corrected chi connectivity index (χ1v) is 8.93. The number of hydrogen-bond acceptors (Lipinski definition) is 2. The summed E-state index contributed by atoms with van der Waals surface area (Å²) in [5.74, 6) is -1.74. The lowest BCUT2D eigenvalue weighted by Gasteiger charge is -2.30. The summed E-state index contributed by atoms with van der Waals surface area (Å²) in [6, 6.07) is 9.12. The lowest BCUT2D eigenvalue weighted by atomic mass is 10.1. The second-order valence-electron chi connectivity index (χ2n) is 6.06. The van der Waals surface area contributed by atoms with E-state index in [9.17, 15) is 18.4 Å². The minimum Gasteiger partial charge on any atom is -0.357 e. The Bertz CT molecular complexity index is 792. The molecule has 2 aromatic rings. The van der Waals surface area contributed by atoms with E-state index in [-0.39, 0.29) is 29.5 Å². The lowest BCUT2D eigenvalue weighted by Crippen LogP contribution is -2.48. The maximum Gasteiger partial charge on any atom is 0.242 e. The van der Waals surface area contributed by atoms with Crippen LogP contribution in [0.1, 0.15) is 24.5 Å². The smallest absolute Gasteiger partial charge is 0.242 e. The second-order valence-corrected chi connectivity index (χ2v) is 6.47. The van der Waals surface area contributed by atoms with Crippen LogP contribution in [0.2, 0.25) is 5.02 Å². The fourth-order valence-corrected chi connectivity index (χ4v) is 3.06. The summed E-state index contributed by atoms with van der Waals surface area (Å²) < 4.78 is 27.2. The van der Waals surface area contributed by atoms with Gasteiger partial charge in [0.15, 0.2) is 0 Å². The molecule has 0 bridgehead atoms. The van der Waals surface area contributed by atoms with Gasteiger partial charge in [0, 0.05) is 24.2 Å². The standard InChI is InChI=1S/C20H21ClF2N2O2/c1-3-18(20(27)24-2)25(12-13-7-9-14(22)10-8-13)19(26)11-15-16(21)5-4-6-17(15)23/h4-10,18H,3,11-12H2,1-2H3,(H,24,27). The van der Waals surface area contributed by atoms with Crippen molar-refractivity contribution in [2.75, 3.05) is 7.05 Å². The Kier molecular flexibility index (Phi) is 7.30. The second kappa shape index (κ2) is 9.46. The predicted octanol–water partition coefficient (Wildman–Crippen LogP) is 3.71. The predicted molar refractivity (Wildman–Crippen MR) is 100 cm³/mol. The molecule has 4 nitrogen and oxygen atoms in total. The minimum absolute atomic E-state index is 0.0834. The van der Waals surface area contributed by atoms with Crippen molar-refractivity contribution in [3.8, 4) is 0 Å². The molecule has 0 saturated heterocycles. The van der Waals surface area contributed by atoms with Gasteiger partial charge in [0.1, 0.15) is 17.7 Å². The third-order valence-electron chi connectivity index (χ3n) is 4.29. The number of carbonyl (C=O) groups is 2. The molecule has 7 heteroatoms. The van der Waals surface area contributed by atoms with Gasteiger partial charge in [-0.05, 0) is 36.2 Å². The van der Waals surface area contributed by atoms with Crippen molar-refractivity contribution >= 4 is 23.4 Å². The van der Waals surface area contributed by atoms with E-state index in [0.717, 1.165) is 0 Å². The monoisotopic (exact) mass is 394 g/mol. The number of nitrogens with zero attached hydrogens (tertiary/aromatic N) is 1. The fraction of sp³-hybridized carbons (Fsp3) is 0.300. The van der Waals surface area contributed by atoms with Crippen LogP contribution >= 0.6 is 11.6 Å². The average Bonchev–Trinajstić information content (AvgIpc) is 2.65. The summed E-state index contributed by atoms with van der Waals surface area (Å²) >= 11 is 6.03. The summed E-state index contributed by atoms with van der Waals surface area (Å²) in [6.07, 6.45) is 0.0950. The maximum absolute atomic E-state index is 14.1. The molecule has 0 heterocycles. The van der Waals surface area contributed by atoms with Crippen molar-refractivity contribution in [2.24, 2.45) is 0 Å². The number of benzene rings is 2. The Morgan fingerprint density at radius 2 is 1.81 bits per heavy atom. The van der Waals surface area contributed by atoms with E-state index >= 15 is 0 Å². The van der Waals surface area contributed by atoms with Crippen LogP contribution in [-0.4, -0.2) is 29.8 Å². The van der Waals surface area contributed by atoms with Gasteiger partial charge in [-0.3, -0.25) is 9.59 Å². The summed E-state index contributed by atoms with van der Waals surface area (Å²) in [5, 5.41) is 2.69. The summed E-state index contributed by atoms with van der Waals surface area (Å²) in [5.41, 5.74) is 0.742. The van der Waals surface area contributed by atoms with E-state index in [1.807, 2.05) is 0 Å². The Morgan fingerprint density at radius 1 is 1.15 bits per heavy atom. The molecule has 144 valence electrons. The summed E-state index contributed by atoms with van der Waals surface area (Å²) in [4.78, 5) is 26.6. The van der Waals surface area contributed by atoms with Crippen LogP contribution < -0.4 is 5.32 Å². The van der Waals surface area contributed by atoms with E-state index in [1.165, 1.54) is 42.3 Å². The normalized spacial score (nSPS) is 11.7. The molecule has 0 radical (unpaired) electrons. The van der Waals surface area contributed by atoms with Crippen molar-refractivity contribution in [2.45, 2.75) is 32.4 Å². The molecule has 0 aliphatic rings. The van der Waals surface area contributed by atoms with Crippen LogP contribution in [0.3, 0.4) is 0 Å². The zero-order valence-corrected chi connectivity index (χ0v) is 15.9. The van der Waals surface area contributed by atoms with Gasteiger partial charge >= 0.3 is 0 Å². The quantitative estimate of drug-likeness (QED) is 0.778. The van der Waals surface area contributed by atoms with Crippen molar-refractivity contribution in [3.05, 3.63) is 70.2 Å². The van der Waals surface area contributed by atoms with E-state index < -0.39 is 23.6 Å². The number of hydrogen-bond donors (Lipinski definition) is 1. The van der Waals surface area contributed by atoms with Crippen LogP contribution in [-0.2, 0) is 22.6 Å². The third-order valence-corrected chi connectivity index (χ3v) is 4.64. The first kappa shape index (κ1) is 20.8. The molecule has 0 aromatic heterocycles. The van der Waals surface area contributed by atoms with Gasteiger partial charge < -0.3 is 10.2 Å². The molecule has 0 spiro atoms. The Balaban J connectivity index is 2.33. The first-order chi connectivity index (χ1) is 12.9. The van der Waals surface area contributed by atoms with Crippen LogP contribution in [0.15, 0.2) is 42.5 Å². The largest absolute Gasteiger partial charge is 0.357 e. The number of rotatable bonds is 7. The average molecular weight is 395 g/mol. The van der Waals surface area contributed by atoms with Gasteiger partial charge in [-0.1, -0.05) is 36.7 Å². The molecule has 27 heavy (non-hydrogen) atoms. The lowest BCUT2D eigenvalue weighted by molar-refractivity contribution is -0.140. The van der Waals surface area contributed by atoms with E-state index in [0.29, 0.717) is 12.0 Å². The molecule has 2 aromatic carbocycles. The number of halogens is 3. The number of amides is 2. The fourth-order valence-electron chi connectivity index (χ4n) is 2.83. The number of nitrogens with one attached hydrogen (secondary N) is 1. The Morgan fingerprint density at radius 3 is 2.37 bits per heavy atom. The highest BCUT2D eigenvalue weighted by atomic mass is 35.5.